The molecule has 2 rings (SSSR count). The first kappa shape index (κ1) is 13.3. The number of nitrogens with two attached hydrogens (primary N) is 1. The molecule has 1 aromatic carbocycles. The van der Waals surface area contributed by atoms with Crippen molar-refractivity contribution in [2.45, 2.75) is 19.4 Å². The third kappa shape index (κ3) is 2.63. The Labute approximate surface area is 115 Å². The van der Waals surface area contributed by atoms with Crippen molar-refractivity contribution in [3.63, 3.8) is 0 Å². The van der Waals surface area contributed by atoms with Crippen LogP contribution in [0.25, 0.3) is 10.6 Å². The number of aromatic nitrogens is 2. The summed E-state index contributed by atoms with van der Waals surface area (Å²) < 4.78 is 5.30. The Morgan fingerprint density at radius 3 is 2.89 bits per heavy atom. The Morgan fingerprint density at radius 1 is 1.44 bits per heavy atom. The van der Waals surface area contributed by atoms with Gasteiger partial charge in [-0.3, -0.25) is 0 Å². The standard InChI is InChI=1S/C12H14ClN3OS/c1-3-9(14)12-16-15-11(18-12)8-6-7(13)4-5-10(8)17-2/h4-6,9H,3,14H2,1-2H3. The van der Waals surface area contributed by atoms with Gasteiger partial charge in [-0.1, -0.05) is 29.9 Å². The van der Waals surface area contributed by atoms with Crippen molar-refractivity contribution in [2.24, 2.45) is 5.73 Å². The maximum Gasteiger partial charge on any atom is 0.151 e. The van der Waals surface area contributed by atoms with Gasteiger partial charge in [0.15, 0.2) is 5.01 Å². The predicted octanol–water partition coefficient (Wildman–Crippen LogP) is 3.28. The number of benzene rings is 1. The van der Waals surface area contributed by atoms with Gasteiger partial charge in [-0.15, -0.1) is 10.2 Å². The number of hydrogen-bond donors (Lipinski definition) is 1. The minimum absolute atomic E-state index is 0.0681. The Kier molecular flexibility index (Phi) is 4.16. The quantitative estimate of drug-likeness (QED) is 0.935. The van der Waals surface area contributed by atoms with Crippen LogP contribution in [0, 0.1) is 0 Å². The maximum absolute atomic E-state index is 6.00. The summed E-state index contributed by atoms with van der Waals surface area (Å²) in [6, 6.07) is 5.35. The summed E-state index contributed by atoms with van der Waals surface area (Å²) in [5.41, 5.74) is 6.78. The van der Waals surface area contributed by atoms with Gasteiger partial charge in [0.25, 0.3) is 0 Å². The van der Waals surface area contributed by atoms with Crippen molar-refractivity contribution in [3.05, 3.63) is 28.2 Å². The van der Waals surface area contributed by atoms with E-state index in [0.717, 1.165) is 27.7 Å². The Bertz CT molecular complexity index is 544. The summed E-state index contributed by atoms with van der Waals surface area (Å²) in [5, 5.41) is 10.5. The molecule has 18 heavy (non-hydrogen) atoms. The molecule has 6 heteroatoms. The molecular formula is C12H14ClN3OS. The van der Waals surface area contributed by atoms with Gasteiger partial charge < -0.3 is 10.5 Å². The zero-order valence-corrected chi connectivity index (χ0v) is 11.8. The molecule has 0 spiro atoms. The number of nitrogens with zero attached hydrogens (tertiary/aromatic N) is 2. The Balaban J connectivity index is 2.42. The first-order chi connectivity index (χ1) is 8.65. The zero-order valence-electron chi connectivity index (χ0n) is 10.2. The molecule has 1 aromatic heterocycles. The van der Waals surface area contributed by atoms with Gasteiger partial charge in [-0.25, -0.2) is 0 Å². The van der Waals surface area contributed by atoms with Crippen LogP contribution in [-0.2, 0) is 0 Å². The van der Waals surface area contributed by atoms with Crippen molar-refractivity contribution in [1.29, 1.82) is 0 Å². The van der Waals surface area contributed by atoms with Gasteiger partial charge >= 0.3 is 0 Å². The van der Waals surface area contributed by atoms with Crippen molar-refractivity contribution in [1.82, 2.24) is 10.2 Å². The molecule has 4 nitrogen and oxygen atoms in total. The van der Waals surface area contributed by atoms with Gasteiger partial charge in [-0.05, 0) is 24.6 Å². The van der Waals surface area contributed by atoms with Crippen LogP contribution in [0.5, 0.6) is 5.75 Å². The molecular weight excluding hydrogens is 270 g/mol. The lowest BCUT2D eigenvalue weighted by Crippen LogP contribution is -2.07. The highest BCUT2D eigenvalue weighted by Gasteiger charge is 2.15. The summed E-state index contributed by atoms with van der Waals surface area (Å²) in [5.74, 6) is 0.729. The predicted molar refractivity (Wildman–Crippen MR) is 74.1 cm³/mol. The Hall–Kier alpha value is -1.17. The van der Waals surface area contributed by atoms with Crippen LogP contribution in [0.1, 0.15) is 24.4 Å². The monoisotopic (exact) mass is 283 g/mol. The molecule has 0 bridgehead atoms. The second-order valence-corrected chi connectivity index (χ2v) is 5.25. The van der Waals surface area contributed by atoms with Crippen molar-refractivity contribution < 1.29 is 4.74 Å². The lowest BCUT2D eigenvalue weighted by atomic mass is 10.2. The number of ether oxygens (including phenoxy) is 1. The van der Waals surface area contributed by atoms with Crippen LogP contribution in [0.2, 0.25) is 5.02 Å². The molecule has 0 fully saturated rings. The summed E-state index contributed by atoms with van der Waals surface area (Å²) in [6.07, 6.45) is 0.835. The van der Waals surface area contributed by atoms with Gasteiger partial charge in [0, 0.05) is 5.02 Å². The van der Waals surface area contributed by atoms with Gasteiger partial charge in [0.1, 0.15) is 10.8 Å². The molecule has 0 saturated heterocycles. The van der Waals surface area contributed by atoms with E-state index in [4.69, 9.17) is 22.1 Å². The maximum atomic E-state index is 6.00. The summed E-state index contributed by atoms with van der Waals surface area (Å²) in [6.45, 7) is 2.02. The minimum atomic E-state index is -0.0681. The van der Waals surface area contributed by atoms with E-state index >= 15 is 0 Å². The van der Waals surface area contributed by atoms with Crippen LogP contribution in [0.3, 0.4) is 0 Å². The van der Waals surface area contributed by atoms with E-state index in [2.05, 4.69) is 10.2 Å². The SMILES string of the molecule is CCC(N)c1nnc(-c2cc(Cl)ccc2OC)s1. The second kappa shape index (κ2) is 5.65. The fourth-order valence-electron chi connectivity index (χ4n) is 1.52. The molecule has 0 aliphatic heterocycles. The highest BCUT2D eigenvalue weighted by atomic mass is 35.5. The molecule has 0 amide bonds. The van der Waals surface area contributed by atoms with Crippen molar-refractivity contribution in [2.75, 3.05) is 7.11 Å². The van der Waals surface area contributed by atoms with E-state index in [1.807, 2.05) is 19.1 Å². The first-order valence-corrected chi connectivity index (χ1v) is 6.78. The summed E-state index contributed by atoms with van der Waals surface area (Å²) in [7, 11) is 1.62. The number of methoxy groups -OCH3 is 1. The molecule has 1 unspecified atom stereocenters. The van der Waals surface area contributed by atoms with Crippen molar-refractivity contribution in [3.8, 4) is 16.3 Å². The molecule has 1 atom stereocenters. The van der Waals surface area contributed by atoms with E-state index < -0.39 is 0 Å². The molecule has 2 N–H and O–H groups in total. The number of hydrogen-bond acceptors (Lipinski definition) is 5. The normalized spacial score (nSPS) is 12.4. The fraction of sp³-hybridized carbons (Fsp3) is 0.333. The average molecular weight is 284 g/mol. The lowest BCUT2D eigenvalue weighted by molar-refractivity contribution is 0.416. The van der Waals surface area contributed by atoms with E-state index in [0.29, 0.717) is 5.02 Å². The van der Waals surface area contributed by atoms with Gasteiger partial charge in [0.2, 0.25) is 0 Å². The Morgan fingerprint density at radius 2 is 2.22 bits per heavy atom. The van der Waals surface area contributed by atoms with E-state index in [-0.39, 0.29) is 6.04 Å². The molecule has 2 aromatic rings. The van der Waals surface area contributed by atoms with Crippen LogP contribution < -0.4 is 10.5 Å². The summed E-state index contributed by atoms with van der Waals surface area (Å²) in [4.78, 5) is 0. The van der Waals surface area contributed by atoms with Gasteiger partial charge in [0.05, 0.1) is 18.7 Å². The molecule has 1 heterocycles. The van der Waals surface area contributed by atoms with E-state index in [1.165, 1.54) is 11.3 Å². The van der Waals surface area contributed by atoms with Crippen LogP contribution in [0.15, 0.2) is 18.2 Å². The minimum Gasteiger partial charge on any atom is -0.496 e. The zero-order chi connectivity index (χ0) is 13.1. The summed E-state index contributed by atoms with van der Waals surface area (Å²) >= 11 is 7.47. The number of halogens is 1. The smallest absolute Gasteiger partial charge is 0.151 e. The third-order valence-electron chi connectivity index (χ3n) is 2.59. The highest BCUT2D eigenvalue weighted by molar-refractivity contribution is 7.14. The highest BCUT2D eigenvalue weighted by Crippen LogP contribution is 2.35. The van der Waals surface area contributed by atoms with E-state index in [9.17, 15) is 0 Å². The largest absolute Gasteiger partial charge is 0.496 e. The molecule has 0 aliphatic rings. The average Bonchev–Trinajstić information content (AvgIpc) is 2.87. The first-order valence-electron chi connectivity index (χ1n) is 5.58. The van der Waals surface area contributed by atoms with Crippen molar-refractivity contribution >= 4 is 22.9 Å². The fourth-order valence-corrected chi connectivity index (χ4v) is 2.64. The third-order valence-corrected chi connectivity index (χ3v) is 3.91. The topological polar surface area (TPSA) is 61.0 Å². The molecule has 0 saturated carbocycles. The second-order valence-electron chi connectivity index (χ2n) is 3.80. The van der Waals surface area contributed by atoms with Crippen LogP contribution in [0.4, 0.5) is 0 Å². The van der Waals surface area contributed by atoms with E-state index in [1.54, 1.807) is 13.2 Å². The molecule has 96 valence electrons. The lowest BCUT2D eigenvalue weighted by Gasteiger charge is -2.05. The van der Waals surface area contributed by atoms with Crippen LogP contribution >= 0.6 is 22.9 Å². The van der Waals surface area contributed by atoms with Crippen LogP contribution in [-0.4, -0.2) is 17.3 Å². The molecule has 0 aliphatic carbocycles. The number of rotatable bonds is 4. The van der Waals surface area contributed by atoms with Gasteiger partial charge in [-0.2, -0.15) is 0 Å². The molecule has 0 radical (unpaired) electrons.